The van der Waals surface area contributed by atoms with Crippen LogP contribution in [0.1, 0.15) is 22.3 Å². The topological polar surface area (TPSA) is 89.7 Å². The molecule has 25 heavy (non-hydrogen) atoms. The Morgan fingerprint density at radius 3 is 2.40 bits per heavy atom. The van der Waals surface area contributed by atoms with Gasteiger partial charge < -0.3 is 15.4 Å². The second-order valence-electron chi connectivity index (χ2n) is 5.46. The van der Waals surface area contributed by atoms with Crippen molar-refractivity contribution in [3.8, 4) is 5.75 Å². The van der Waals surface area contributed by atoms with Gasteiger partial charge in [-0.05, 0) is 17.7 Å². The molecule has 2 aromatic rings. The number of hydrogen-bond donors (Lipinski definition) is 1. The molecule has 0 radical (unpaired) electrons. The molecule has 0 atom stereocenters. The van der Waals surface area contributed by atoms with Gasteiger partial charge in [0.2, 0.25) is 5.91 Å². The maximum absolute atomic E-state index is 12.5. The Kier molecular flexibility index (Phi) is 6.71. The highest BCUT2D eigenvalue weighted by Gasteiger charge is 2.16. The number of benzene rings is 2. The number of amides is 2. The Balaban J connectivity index is 2.03. The summed E-state index contributed by atoms with van der Waals surface area (Å²) in [6.07, 6.45) is 0.748. The number of carbonyl (C=O) groups excluding carboxylic acids is 3. The number of rotatable bonds is 9. The lowest BCUT2D eigenvalue weighted by molar-refractivity contribution is -0.134. The molecule has 2 aromatic carbocycles. The van der Waals surface area contributed by atoms with Gasteiger partial charge >= 0.3 is 0 Å². The number of nitrogens with zero attached hydrogens (tertiary/aromatic N) is 1. The van der Waals surface area contributed by atoms with Crippen LogP contribution in [0.3, 0.4) is 0 Å². The fraction of sp³-hybridized carbons (Fsp3) is 0.211. The van der Waals surface area contributed by atoms with Crippen LogP contribution >= 0.6 is 0 Å². The van der Waals surface area contributed by atoms with Crippen molar-refractivity contribution in [2.24, 2.45) is 5.73 Å². The molecule has 0 aromatic heterocycles. The highest BCUT2D eigenvalue weighted by atomic mass is 16.5. The first kappa shape index (κ1) is 18.2. The van der Waals surface area contributed by atoms with E-state index >= 15 is 0 Å². The average molecular weight is 340 g/mol. The summed E-state index contributed by atoms with van der Waals surface area (Å²) in [7, 11) is 0. The van der Waals surface area contributed by atoms with Crippen LogP contribution in [-0.2, 0) is 16.1 Å². The Labute approximate surface area is 146 Å². The fourth-order valence-electron chi connectivity index (χ4n) is 2.28. The molecule has 0 saturated heterocycles. The van der Waals surface area contributed by atoms with Gasteiger partial charge in [0.25, 0.3) is 5.91 Å². The van der Waals surface area contributed by atoms with Crippen LogP contribution < -0.4 is 10.5 Å². The first-order valence-electron chi connectivity index (χ1n) is 7.87. The van der Waals surface area contributed by atoms with Crippen molar-refractivity contribution in [2.45, 2.75) is 13.0 Å². The summed E-state index contributed by atoms with van der Waals surface area (Å²) in [6, 6.07) is 16.1. The molecule has 0 heterocycles. The van der Waals surface area contributed by atoms with E-state index in [1.807, 2.05) is 30.3 Å². The summed E-state index contributed by atoms with van der Waals surface area (Å²) in [5.74, 6) is -0.413. The zero-order valence-corrected chi connectivity index (χ0v) is 13.8. The van der Waals surface area contributed by atoms with E-state index in [1.165, 1.54) is 4.90 Å². The number of primary amides is 1. The largest absolute Gasteiger partial charge is 0.483 e. The minimum Gasteiger partial charge on any atom is -0.483 e. The number of para-hydroxylation sites is 1. The first-order valence-corrected chi connectivity index (χ1v) is 7.87. The maximum Gasteiger partial charge on any atom is 0.260 e. The van der Waals surface area contributed by atoms with Gasteiger partial charge in [0, 0.05) is 19.5 Å². The van der Waals surface area contributed by atoms with Crippen molar-refractivity contribution in [3.05, 3.63) is 65.7 Å². The van der Waals surface area contributed by atoms with Gasteiger partial charge in [-0.3, -0.25) is 14.4 Å². The fourth-order valence-corrected chi connectivity index (χ4v) is 2.28. The minimum atomic E-state index is -0.474. The zero-order chi connectivity index (χ0) is 18.1. The summed E-state index contributed by atoms with van der Waals surface area (Å²) in [5.41, 5.74) is 6.51. The van der Waals surface area contributed by atoms with Crippen LogP contribution in [0.25, 0.3) is 0 Å². The smallest absolute Gasteiger partial charge is 0.260 e. The summed E-state index contributed by atoms with van der Waals surface area (Å²) in [5, 5.41) is 0. The van der Waals surface area contributed by atoms with Crippen molar-refractivity contribution < 1.29 is 19.1 Å². The lowest BCUT2D eigenvalue weighted by Crippen LogP contribution is -2.36. The number of aldehydes is 1. The third-order valence-electron chi connectivity index (χ3n) is 3.59. The molecule has 0 unspecified atom stereocenters. The van der Waals surface area contributed by atoms with E-state index in [0.717, 1.165) is 5.56 Å². The third kappa shape index (κ3) is 5.76. The van der Waals surface area contributed by atoms with Crippen LogP contribution in [0, 0.1) is 0 Å². The van der Waals surface area contributed by atoms with Crippen LogP contribution in [0.15, 0.2) is 54.6 Å². The SMILES string of the molecule is NC(=O)CCN(Cc1ccccc1)C(=O)COc1ccccc1C=O. The Hall–Kier alpha value is -3.15. The van der Waals surface area contributed by atoms with Crippen LogP contribution in [-0.4, -0.2) is 36.2 Å². The van der Waals surface area contributed by atoms with E-state index in [-0.39, 0.29) is 25.5 Å². The van der Waals surface area contributed by atoms with Gasteiger partial charge in [0.05, 0.1) is 5.56 Å². The van der Waals surface area contributed by atoms with Crippen molar-refractivity contribution in [1.29, 1.82) is 0 Å². The second-order valence-corrected chi connectivity index (χ2v) is 5.46. The number of hydrogen-bond acceptors (Lipinski definition) is 4. The van der Waals surface area contributed by atoms with Crippen molar-refractivity contribution >= 4 is 18.1 Å². The van der Waals surface area contributed by atoms with E-state index in [1.54, 1.807) is 24.3 Å². The number of carbonyl (C=O) groups is 3. The molecule has 0 spiro atoms. The van der Waals surface area contributed by atoms with Gasteiger partial charge in [0.15, 0.2) is 12.9 Å². The van der Waals surface area contributed by atoms with E-state index in [2.05, 4.69) is 0 Å². The predicted molar refractivity (Wildman–Crippen MR) is 93.0 cm³/mol. The van der Waals surface area contributed by atoms with Crippen LogP contribution in [0.2, 0.25) is 0 Å². The third-order valence-corrected chi connectivity index (χ3v) is 3.59. The quantitative estimate of drug-likeness (QED) is 0.705. The summed E-state index contributed by atoms with van der Waals surface area (Å²) in [6.45, 7) is 0.337. The van der Waals surface area contributed by atoms with Gasteiger partial charge in [0.1, 0.15) is 5.75 Å². The molecule has 2 amide bonds. The summed E-state index contributed by atoms with van der Waals surface area (Å²) < 4.78 is 5.48. The Morgan fingerprint density at radius 1 is 1.04 bits per heavy atom. The van der Waals surface area contributed by atoms with E-state index in [0.29, 0.717) is 24.1 Å². The van der Waals surface area contributed by atoms with E-state index in [4.69, 9.17) is 10.5 Å². The molecule has 0 aliphatic carbocycles. The maximum atomic E-state index is 12.5. The second kappa shape index (κ2) is 9.22. The molecule has 0 bridgehead atoms. The van der Waals surface area contributed by atoms with Crippen LogP contribution in [0.4, 0.5) is 0 Å². The first-order chi connectivity index (χ1) is 12.1. The van der Waals surface area contributed by atoms with Crippen molar-refractivity contribution in [2.75, 3.05) is 13.2 Å². The molecule has 0 saturated carbocycles. The molecule has 130 valence electrons. The minimum absolute atomic E-state index is 0.0729. The van der Waals surface area contributed by atoms with Crippen molar-refractivity contribution in [1.82, 2.24) is 4.90 Å². The molecule has 6 nitrogen and oxygen atoms in total. The number of ether oxygens (including phenoxy) is 1. The lowest BCUT2D eigenvalue weighted by atomic mass is 10.2. The molecular weight excluding hydrogens is 320 g/mol. The summed E-state index contributed by atoms with van der Waals surface area (Å²) in [4.78, 5) is 36.1. The van der Waals surface area contributed by atoms with Gasteiger partial charge in [-0.2, -0.15) is 0 Å². The predicted octanol–water partition coefficient (Wildman–Crippen LogP) is 1.78. The standard InChI is InChI=1S/C19H20N2O4/c20-18(23)10-11-21(12-15-6-2-1-3-7-15)19(24)14-25-17-9-5-4-8-16(17)13-22/h1-9,13H,10-12,14H2,(H2,20,23). The summed E-state index contributed by atoms with van der Waals surface area (Å²) >= 11 is 0. The molecular formula is C19H20N2O4. The monoisotopic (exact) mass is 340 g/mol. The molecule has 0 aliphatic heterocycles. The van der Waals surface area contributed by atoms with E-state index < -0.39 is 5.91 Å². The van der Waals surface area contributed by atoms with Gasteiger partial charge in [-0.25, -0.2) is 0 Å². The Bertz CT molecular complexity index is 731. The van der Waals surface area contributed by atoms with Gasteiger partial charge in [-0.15, -0.1) is 0 Å². The highest BCUT2D eigenvalue weighted by Crippen LogP contribution is 2.16. The molecule has 2 rings (SSSR count). The zero-order valence-electron chi connectivity index (χ0n) is 13.8. The Morgan fingerprint density at radius 2 is 1.72 bits per heavy atom. The molecule has 0 fully saturated rings. The lowest BCUT2D eigenvalue weighted by Gasteiger charge is -2.22. The molecule has 2 N–H and O–H groups in total. The van der Waals surface area contributed by atoms with Crippen molar-refractivity contribution in [3.63, 3.8) is 0 Å². The van der Waals surface area contributed by atoms with Gasteiger partial charge in [-0.1, -0.05) is 42.5 Å². The normalized spacial score (nSPS) is 10.1. The van der Waals surface area contributed by atoms with E-state index in [9.17, 15) is 14.4 Å². The average Bonchev–Trinajstić information content (AvgIpc) is 2.64. The molecule has 0 aliphatic rings. The number of nitrogens with two attached hydrogens (primary N) is 1. The molecule has 6 heteroatoms. The highest BCUT2D eigenvalue weighted by molar-refractivity contribution is 5.81. The van der Waals surface area contributed by atoms with Crippen LogP contribution in [0.5, 0.6) is 5.75 Å².